The molecule has 2 N–H and O–H groups in total. The maximum absolute atomic E-state index is 13.1. The van der Waals surface area contributed by atoms with E-state index in [1.807, 2.05) is 0 Å². The van der Waals surface area contributed by atoms with E-state index in [1.54, 1.807) is 13.2 Å². The van der Waals surface area contributed by atoms with Crippen LogP contribution in [0.5, 0.6) is 17.2 Å². The van der Waals surface area contributed by atoms with Crippen molar-refractivity contribution in [1.82, 2.24) is 10.2 Å². The number of fused-ring (bicyclic) bond motifs is 1. The fourth-order valence-corrected chi connectivity index (χ4v) is 4.32. The molecule has 1 unspecified atom stereocenters. The molecule has 1 saturated heterocycles. The molecular formula is C22H33ClN2O7. The van der Waals surface area contributed by atoms with Gasteiger partial charge in [-0.05, 0) is 19.0 Å². The summed E-state index contributed by atoms with van der Waals surface area (Å²) in [6.07, 6.45) is 1.59. The van der Waals surface area contributed by atoms with Crippen LogP contribution in [0, 0.1) is 5.92 Å². The average molecular weight is 473 g/mol. The third kappa shape index (κ3) is 6.17. The van der Waals surface area contributed by atoms with Gasteiger partial charge in [0.1, 0.15) is 0 Å². The van der Waals surface area contributed by atoms with Crippen molar-refractivity contribution in [3.8, 4) is 17.2 Å². The van der Waals surface area contributed by atoms with E-state index in [0.29, 0.717) is 67.2 Å². The minimum absolute atomic E-state index is 0.00181. The third-order valence-corrected chi connectivity index (χ3v) is 6.05. The molecule has 3 rings (SSSR count). The smallest absolute Gasteiger partial charge is 0.255 e. The fourth-order valence-electron chi connectivity index (χ4n) is 4.04. The second-order valence-corrected chi connectivity index (χ2v) is 8.22. The normalized spacial score (nSPS) is 21.1. The minimum atomic E-state index is -0.272. The van der Waals surface area contributed by atoms with Crippen molar-refractivity contribution in [3.05, 3.63) is 16.7 Å². The van der Waals surface area contributed by atoms with E-state index in [-0.39, 0.29) is 24.5 Å². The molecule has 0 aromatic heterocycles. The second-order valence-electron chi connectivity index (χ2n) is 7.82. The molecule has 32 heavy (non-hydrogen) atoms. The van der Waals surface area contributed by atoms with Crippen LogP contribution < -0.4 is 19.5 Å². The number of amides is 1. The van der Waals surface area contributed by atoms with Gasteiger partial charge in [0.05, 0.1) is 56.8 Å². The Hall–Kier alpha value is -1.78. The first-order valence-corrected chi connectivity index (χ1v) is 11.3. The molecule has 0 saturated carbocycles. The maximum atomic E-state index is 13.1. The average Bonchev–Trinajstić information content (AvgIpc) is 3.06. The summed E-state index contributed by atoms with van der Waals surface area (Å²) in [5.74, 6) is 1.01. The molecule has 2 aliphatic rings. The molecule has 0 aliphatic carbocycles. The number of nitrogens with zero attached hydrogens (tertiary/aromatic N) is 1. The van der Waals surface area contributed by atoms with Crippen molar-refractivity contribution >= 4 is 17.5 Å². The molecule has 0 bridgehead atoms. The largest absolute Gasteiger partial charge is 0.491 e. The monoisotopic (exact) mass is 472 g/mol. The predicted molar refractivity (Wildman–Crippen MR) is 119 cm³/mol. The third-order valence-electron chi connectivity index (χ3n) is 5.77. The zero-order valence-electron chi connectivity index (χ0n) is 18.7. The number of ether oxygens (including phenoxy) is 5. The number of likely N-dealkylation sites (tertiary alicyclic amines) is 1. The van der Waals surface area contributed by atoms with Gasteiger partial charge in [0.2, 0.25) is 5.75 Å². The number of piperidine rings is 1. The van der Waals surface area contributed by atoms with Crippen LogP contribution in [-0.4, -0.2) is 95.5 Å². The van der Waals surface area contributed by atoms with Crippen molar-refractivity contribution in [2.24, 2.45) is 5.92 Å². The number of rotatable bonds is 10. The van der Waals surface area contributed by atoms with Crippen LogP contribution in [0.3, 0.4) is 0 Å². The highest BCUT2D eigenvalue weighted by Crippen LogP contribution is 2.46. The molecule has 2 aliphatic heterocycles. The number of carbonyl (C=O) groups excluding carboxylic acids is 1. The summed E-state index contributed by atoms with van der Waals surface area (Å²) in [4.78, 5) is 15.3. The standard InChI is InChI=1S/C22H33ClN2O7/c1-28-18-14-25(6-10-30-11-7-26)5-4-15(18)13-24-22(27)16-12-17(23)20(29-2)21-19(16)31-8-3-9-32-21/h12,15,18,26H,3-11,13-14H2,1-2H3,(H,24,27)/t15-,18?/m0/s1. The van der Waals surface area contributed by atoms with Gasteiger partial charge in [-0.3, -0.25) is 9.69 Å². The van der Waals surface area contributed by atoms with E-state index in [9.17, 15) is 4.79 Å². The van der Waals surface area contributed by atoms with Crippen molar-refractivity contribution in [2.45, 2.75) is 18.9 Å². The first kappa shape index (κ1) is 24.9. The predicted octanol–water partition coefficient (Wildman–Crippen LogP) is 1.59. The Bertz CT molecular complexity index is 764. The highest BCUT2D eigenvalue weighted by atomic mass is 35.5. The Morgan fingerprint density at radius 3 is 2.78 bits per heavy atom. The summed E-state index contributed by atoms with van der Waals surface area (Å²) >= 11 is 6.35. The van der Waals surface area contributed by atoms with E-state index in [1.165, 1.54) is 7.11 Å². The minimum Gasteiger partial charge on any atom is -0.491 e. The number of hydrogen-bond acceptors (Lipinski definition) is 8. The lowest BCUT2D eigenvalue weighted by atomic mass is 9.93. The molecule has 1 aromatic rings. The van der Waals surface area contributed by atoms with Crippen molar-refractivity contribution in [1.29, 1.82) is 0 Å². The summed E-state index contributed by atoms with van der Waals surface area (Å²) in [6.45, 7) is 4.78. The van der Waals surface area contributed by atoms with Gasteiger partial charge in [-0.25, -0.2) is 0 Å². The van der Waals surface area contributed by atoms with Gasteiger partial charge in [-0.15, -0.1) is 0 Å². The highest BCUT2D eigenvalue weighted by molar-refractivity contribution is 6.33. The molecule has 10 heteroatoms. The number of hydrogen-bond donors (Lipinski definition) is 2. The molecule has 180 valence electrons. The zero-order chi connectivity index (χ0) is 22.9. The Balaban J connectivity index is 1.61. The van der Waals surface area contributed by atoms with Crippen LogP contribution in [-0.2, 0) is 9.47 Å². The first-order valence-electron chi connectivity index (χ1n) is 11.0. The van der Waals surface area contributed by atoms with E-state index in [4.69, 9.17) is 40.4 Å². The maximum Gasteiger partial charge on any atom is 0.255 e. The van der Waals surface area contributed by atoms with Crippen LogP contribution in [0.4, 0.5) is 0 Å². The van der Waals surface area contributed by atoms with Gasteiger partial charge >= 0.3 is 0 Å². The number of methoxy groups -OCH3 is 2. The van der Waals surface area contributed by atoms with E-state index < -0.39 is 0 Å². The molecular weight excluding hydrogens is 440 g/mol. The van der Waals surface area contributed by atoms with Crippen LogP contribution in [0.15, 0.2) is 6.07 Å². The molecule has 9 nitrogen and oxygen atoms in total. The van der Waals surface area contributed by atoms with Gasteiger partial charge < -0.3 is 34.1 Å². The Morgan fingerprint density at radius 2 is 2.06 bits per heavy atom. The van der Waals surface area contributed by atoms with Gasteiger partial charge in [0, 0.05) is 39.1 Å². The summed E-state index contributed by atoms with van der Waals surface area (Å²) in [7, 11) is 3.20. The van der Waals surface area contributed by atoms with Gasteiger partial charge in [0.15, 0.2) is 11.5 Å². The van der Waals surface area contributed by atoms with Gasteiger partial charge in [0.25, 0.3) is 5.91 Å². The number of nitrogens with one attached hydrogen (secondary N) is 1. The zero-order valence-corrected chi connectivity index (χ0v) is 19.5. The molecule has 1 aromatic carbocycles. The molecule has 2 atom stereocenters. The molecule has 1 fully saturated rings. The Kier molecular flexibility index (Phi) is 9.68. The Morgan fingerprint density at radius 1 is 1.28 bits per heavy atom. The molecule has 0 spiro atoms. The SMILES string of the molecule is COc1c(Cl)cc(C(=O)NC[C@@H]2CCN(CCOCCO)CC2OC)c2c1OCCCO2. The first-order chi connectivity index (χ1) is 15.6. The van der Waals surface area contributed by atoms with E-state index in [2.05, 4.69) is 10.2 Å². The lowest BCUT2D eigenvalue weighted by Crippen LogP contribution is -2.49. The molecule has 2 heterocycles. The summed E-state index contributed by atoms with van der Waals surface area (Å²) < 4.78 is 28.0. The number of halogens is 1. The number of aliphatic hydroxyl groups excluding tert-OH is 1. The highest BCUT2D eigenvalue weighted by Gasteiger charge is 2.31. The van der Waals surface area contributed by atoms with Crippen molar-refractivity contribution in [3.63, 3.8) is 0 Å². The summed E-state index contributed by atoms with van der Waals surface area (Å²) in [6, 6.07) is 1.56. The topological polar surface area (TPSA) is 98.7 Å². The number of benzene rings is 1. The summed E-state index contributed by atoms with van der Waals surface area (Å²) in [5, 5.41) is 12.1. The lowest BCUT2D eigenvalue weighted by Gasteiger charge is -2.37. The number of carbonyl (C=O) groups is 1. The van der Waals surface area contributed by atoms with Crippen LogP contribution in [0.2, 0.25) is 5.02 Å². The number of aliphatic hydroxyl groups is 1. The fraction of sp³-hybridized carbons (Fsp3) is 0.682. The lowest BCUT2D eigenvalue weighted by molar-refractivity contribution is -0.0198. The van der Waals surface area contributed by atoms with Crippen LogP contribution in [0.1, 0.15) is 23.2 Å². The van der Waals surface area contributed by atoms with Crippen LogP contribution >= 0.6 is 11.6 Å². The Labute approximate surface area is 193 Å². The summed E-state index contributed by atoms with van der Waals surface area (Å²) in [5.41, 5.74) is 0.333. The van der Waals surface area contributed by atoms with Crippen molar-refractivity contribution in [2.75, 3.05) is 73.4 Å². The second kappa shape index (κ2) is 12.5. The van der Waals surface area contributed by atoms with Gasteiger partial charge in [-0.1, -0.05) is 11.6 Å². The van der Waals surface area contributed by atoms with Gasteiger partial charge in [-0.2, -0.15) is 0 Å². The van der Waals surface area contributed by atoms with E-state index in [0.717, 1.165) is 26.1 Å². The quantitative estimate of drug-likeness (QED) is 0.495. The molecule has 0 radical (unpaired) electrons. The van der Waals surface area contributed by atoms with Crippen LogP contribution in [0.25, 0.3) is 0 Å². The molecule has 1 amide bonds. The van der Waals surface area contributed by atoms with E-state index >= 15 is 0 Å². The van der Waals surface area contributed by atoms with Crippen molar-refractivity contribution < 1.29 is 33.6 Å².